The van der Waals surface area contributed by atoms with Crippen LogP contribution in [0.2, 0.25) is 36.3 Å². The minimum atomic E-state index is -5.85. The number of nitrogens with zero attached hydrogens (tertiary/aromatic N) is 1. The molecule has 14 heteroatoms. The molecular weight excluding hydrogens is 780 g/mol. The number of fused-ring (bicyclic) bond motifs is 1. The molecule has 1 aliphatic heterocycles. The third kappa shape index (κ3) is 10.3. The summed E-state index contributed by atoms with van der Waals surface area (Å²) in [5, 5.41) is 0.633. The van der Waals surface area contributed by atoms with E-state index in [1.807, 2.05) is 42.5 Å². The fourth-order valence-electron chi connectivity index (χ4n) is 5.85. The number of benzene rings is 3. The van der Waals surface area contributed by atoms with Gasteiger partial charge in [-0.05, 0) is 128 Å². The van der Waals surface area contributed by atoms with Gasteiger partial charge in [0.15, 0.2) is 0 Å². The van der Waals surface area contributed by atoms with Crippen LogP contribution >= 0.6 is 11.3 Å². The Morgan fingerprint density at radius 3 is 1.93 bits per heavy atom. The monoisotopic (exact) mass is 835 g/mol. The number of hydrogen-bond acceptors (Lipinski definition) is 8. The van der Waals surface area contributed by atoms with Crippen molar-refractivity contribution in [3.63, 3.8) is 0 Å². The van der Waals surface area contributed by atoms with Crippen LogP contribution < -0.4 is 17.8 Å². The Kier molecular flexibility index (Phi) is 12.6. The van der Waals surface area contributed by atoms with E-state index in [4.69, 9.17) is 13.6 Å². The zero-order chi connectivity index (χ0) is 40.6. The van der Waals surface area contributed by atoms with Crippen LogP contribution in [0.3, 0.4) is 0 Å². The molecule has 0 atom stereocenters. The summed E-state index contributed by atoms with van der Waals surface area (Å²) in [6.07, 6.45) is 4.24. The smallest absolute Gasteiger partial charge is 0.534 e. The Labute approximate surface area is 331 Å². The van der Waals surface area contributed by atoms with Crippen molar-refractivity contribution in [2.24, 2.45) is 0 Å². The lowest BCUT2D eigenvalue weighted by molar-refractivity contribution is -0.0500. The van der Waals surface area contributed by atoms with Gasteiger partial charge >= 0.3 is 15.6 Å². The van der Waals surface area contributed by atoms with Gasteiger partial charge in [-0.25, -0.2) is 0 Å². The fraction of sp³-hybridized carbons (Fsp3) is 0.512. The Morgan fingerprint density at radius 2 is 1.33 bits per heavy atom. The minimum Gasteiger partial charge on any atom is -0.543 e. The standard InChI is InChI=1S/C41H56F3NO6S2Si2/c1-39(2,3)54(7,8)50-32-19-21-34(36(27-32)51-55(9,10)40(4,5)6)38-35(33-20-18-31(28-37(33)52-38)49-53(46,47)41(42,43)44)26-29-14-16-30(17-15-29)48-25-24-45-22-12-11-13-23-45/h14-21,27-28H,11-13,22-26H2,1-10H3. The molecule has 0 bridgehead atoms. The molecule has 7 nitrogen and oxygen atoms in total. The van der Waals surface area contributed by atoms with Crippen LogP contribution in [0.4, 0.5) is 13.2 Å². The Hall–Kier alpha value is -3.05. The number of alkyl halides is 3. The summed E-state index contributed by atoms with van der Waals surface area (Å²) in [4.78, 5) is 3.30. The highest BCUT2D eigenvalue weighted by atomic mass is 32.2. The van der Waals surface area contributed by atoms with Gasteiger partial charge in [-0.2, -0.15) is 21.6 Å². The number of piperidine rings is 1. The third-order valence-corrected chi connectivity index (χ3v) is 22.1. The maximum atomic E-state index is 13.3. The molecule has 4 aromatic rings. The highest BCUT2D eigenvalue weighted by molar-refractivity contribution is 7.88. The number of rotatable bonds is 13. The fourth-order valence-corrected chi connectivity index (χ4v) is 9.63. The maximum absolute atomic E-state index is 13.3. The molecule has 0 amide bonds. The molecule has 2 heterocycles. The predicted molar refractivity (Wildman–Crippen MR) is 224 cm³/mol. The molecule has 1 fully saturated rings. The van der Waals surface area contributed by atoms with Crippen molar-refractivity contribution in [1.82, 2.24) is 4.90 Å². The van der Waals surface area contributed by atoms with Gasteiger partial charge < -0.3 is 17.8 Å². The molecule has 3 aromatic carbocycles. The van der Waals surface area contributed by atoms with E-state index in [-0.39, 0.29) is 10.1 Å². The molecule has 55 heavy (non-hydrogen) atoms. The summed E-state index contributed by atoms with van der Waals surface area (Å²) in [5.74, 6) is 1.76. The first kappa shape index (κ1) is 43.1. The topological polar surface area (TPSA) is 74.3 Å². The quantitative estimate of drug-likeness (QED) is 0.0754. The Balaban J connectivity index is 1.58. The van der Waals surface area contributed by atoms with Gasteiger partial charge in [-0.1, -0.05) is 60.1 Å². The van der Waals surface area contributed by atoms with E-state index >= 15 is 0 Å². The molecule has 0 saturated carbocycles. The van der Waals surface area contributed by atoms with Gasteiger partial charge in [0.25, 0.3) is 8.32 Å². The van der Waals surface area contributed by atoms with Crippen LogP contribution in [-0.2, 0) is 16.5 Å². The lowest BCUT2D eigenvalue weighted by Gasteiger charge is -2.38. The molecule has 1 aromatic heterocycles. The van der Waals surface area contributed by atoms with Gasteiger partial charge in [0.2, 0.25) is 8.32 Å². The largest absolute Gasteiger partial charge is 0.543 e. The molecule has 0 aliphatic carbocycles. The normalized spacial score (nSPS) is 15.3. The summed E-state index contributed by atoms with van der Waals surface area (Å²) in [7, 11) is -10.4. The van der Waals surface area contributed by atoms with Crippen molar-refractivity contribution in [3.05, 3.63) is 71.8 Å². The first-order valence-corrected chi connectivity index (χ1v) is 26.9. The molecule has 1 aliphatic rings. The molecule has 0 spiro atoms. The number of likely N-dealkylation sites (tertiary alicyclic amines) is 1. The van der Waals surface area contributed by atoms with Crippen molar-refractivity contribution in [3.8, 4) is 33.4 Å². The molecule has 0 N–H and O–H groups in total. The van der Waals surface area contributed by atoms with Crippen LogP contribution in [0, 0.1) is 0 Å². The lowest BCUT2D eigenvalue weighted by Crippen LogP contribution is -2.44. The Morgan fingerprint density at radius 1 is 0.745 bits per heavy atom. The molecular formula is C41H56F3NO6S2Si2. The van der Waals surface area contributed by atoms with Crippen molar-refractivity contribution in [2.45, 2.75) is 109 Å². The van der Waals surface area contributed by atoms with E-state index in [1.165, 1.54) is 42.7 Å². The Bertz CT molecular complexity index is 2060. The number of ether oxygens (including phenoxy) is 1. The average Bonchev–Trinajstić information content (AvgIpc) is 3.41. The second-order valence-electron chi connectivity index (χ2n) is 17.5. The summed E-state index contributed by atoms with van der Waals surface area (Å²) in [6.45, 7) is 25.6. The second kappa shape index (κ2) is 16.1. The number of halogens is 3. The van der Waals surface area contributed by atoms with E-state index in [2.05, 4.69) is 76.8 Å². The van der Waals surface area contributed by atoms with Crippen molar-refractivity contribution < 1.29 is 39.4 Å². The predicted octanol–water partition coefficient (Wildman–Crippen LogP) is 12.0. The number of hydrogen-bond donors (Lipinski definition) is 0. The van der Waals surface area contributed by atoms with E-state index in [9.17, 15) is 21.6 Å². The first-order chi connectivity index (χ1) is 25.4. The molecule has 0 radical (unpaired) electrons. The summed E-state index contributed by atoms with van der Waals surface area (Å²) in [6, 6.07) is 18.2. The van der Waals surface area contributed by atoms with Crippen LogP contribution in [-0.4, -0.2) is 61.7 Å². The van der Waals surface area contributed by atoms with Gasteiger partial charge in [-0.15, -0.1) is 11.3 Å². The van der Waals surface area contributed by atoms with E-state index in [0.717, 1.165) is 58.1 Å². The van der Waals surface area contributed by atoms with Gasteiger partial charge in [0.05, 0.1) is 0 Å². The van der Waals surface area contributed by atoms with E-state index in [1.54, 1.807) is 6.07 Å². The van der Waals surface area contributed by atoms with Gasteiger partial charge in [-0.3, -0.25) is 4.90 Å². The van der Waals surface area contributed by atoms with Crippen LogP contribution in [0.1, 0.15) is 71.9 Å². The number of thiophene rings is 1. The summed E-state index contributed by atoms with van der Waals surface area (Å²) < 4.78 is 88.7. The molecule has 1 saturated heterocycles. The van der Waals surface area contributed by atoms with Gasteiger partial charge in [0.1, 0.15) is 29.6 Å². The highest BCUT2D eigenvalue weighted by Gasteiger charge is 2.48. The minimum absolute atomic E-state index is 0.0297. The van der Waals surface area contributed by atoms with Crippen molar-refractivity contribution in [1.29, 1.82) is 0 Å². The van der Waals surface area contributed by atoms with Gasteiger partial charge in [0, 0.05) is 27.8 Å². The zero-order valence-electron chi connectivity index (χ0n) is 33.8. The summed E-state index contributed by atoms with van der Waals surface area (Å²) in [5.41, 5.74) is -2.79. The lowest BCUT2D eigenvalue weighted by atomic mass is 9.98. The SMILES string of the molecule is CC(C)(C)[Si](C)(C)Oc1ccc(-c2sc3cc(OS(=O)(=O)C(F)(F)F)ccc3c2Cc2ccc(OCCN3CCCCC3)cc2)c(O[Si](C)(C)C(C)(C)C)c1. The average molecular weight is 836 g/mol. The van der Waals surface area contributed by atoms with Crippen molar-refractivity contribution >= 4 is 48.2 Å². The molecule has 302 valence electrons. The zero-order valence-corrected chi connectivity index (χ0v) is 37.4. The van der Waals surface area contributed by atoms with E-state index in [0.29, 0.717) is 23.5 Å². The van der Waals surface area contributed by atoms with Crippen molar-refractivity contribution in [2.75, 3.05) is 26.2 Å². The van der Waals surface area contributed by atoms with Crippen LogP contribution in [0.15, 0.2) is 60.7 Å². The maximum Gasteiger partial charge on any atom is 0.534 e. The van der Waals surface area contributed by atoms with Crippen LogP contribution in [0.25, 0.3) is 20.5 Å². The first-order valence-electron chi connectivity index (χ1n) is 18.9. The highest BCUT2D eigenvalue weighted by Crippen LogP contribution is 2.48. The molecule has 5 rings (SSSR count). The summed E-state index contributed by atoms with van der Waals surface area (Å²) >= 11 is 1.36. The van der Waals surface area contributed by atoms with E-state index < -0.39 is 38.0 Å². The molecule has 0 unspecified atom stereocenters. The second-order valence-corrected chi connectivity index (χ2v) is 29.5. The van der Waals surface area contributed by atoms with Crippen LogP contribution in [0.5, 0.6) is 23.0 Å². The third-order valence-electron chi connectivity index (χ3n) is 11.2.